The number of carbonyl (C=O) groups excluding carboxylic acids is 2. The van der Waals surface area contributed by atoms with Crippen molar-refractivity contribution in [3.05, 3.63) is 0 Å². The Morgan fingerprint density at radius 2 is 2.31 bits per heavy atom. The number of nitrogens with one attached hydrogen (secondary N) is 1. The summed E-state index contributed by atoms with van der Waals surface area (Å²) in [6.07, 6.45) is 0. The van der Waals surface area contributed by atoms with Gasteiger partial charge < -0.3 is 15.0 Å². The molecule has 2 rings (SSSR count). The molecule has 2 heterocycles. The molecule has 0 bridgehead atoms. The van der Waals surface area contributed by atoms with E-state index in [1.54, 1.807) is 16.7 Å². The highest BCUT2D eigenvalue weighted by Gasteiger charge is 2.54. The Bertz CT molecular complexity index is 332. The summed E-state index contributed by atoms with van der Waals surface area (Å²) in [5.74, 6) is -0.347. The van der Waals surface area contributed by atoms with E-state index in [2.05, 4.69) is 5.32 Å². The predicted molar refractivity (Wildman–Crippen MR) is 61.0 cm³/mol. The first-order chi connectivity index (χ1) is 7.47. The van der Waals surface area contributed by atoms with Crippen molar-refractivity contribution in [1.82, 2.24) is 10.2 Å². The monoisotopic (exact) mass is 244 g/mol. The molecule has 2 aliphatic rings. The number of rotatable bonds is 1. The Morgan fingerprint density at radius 3 is 2.94 bits per heavy atom. The van der Waals surface area contributed by atoms with Crippen LogP contribution >= 0.6 is 11.8 Å². The van der Waals surface area contributed by atoms with Crippen LogP contribution in [0.1, 0.15) is 13.8 Å². The summed E-state index contributed by atoms with van der Waals surface area (Å²) in [5.41, 5.74) is 0. The highest BCUT2D eigenvalue weighted by molar-refractivity contribution is 8.01. The summed E-state index contributed by atoms with van der Waals surface area (Å²) in [6, 6.07) is -0.470. The first kappa shape index (κ1) is 11.7. The van der Waals surface area contributed by atoms with Crippen molar-refractivity contribution in [2.24, 2.45) is 0 Å². The number of piperazine rings is 1. The zero-order chi connectivity index (χ0) is 11.9. The van der Waals surface area contributed by atoms with Crippen molar-refractivity contribution in [2.45, 2.75) is 30.0 Å². The lowest BCUT2D eigenvalue weighted by molar-refractivity contribution is -0.154. The topological polar surface area (TPSA) is 58.6 Å². The van der Waals surface area contributed by atoms with Crippen LogP contribution in [0.2, 0.25) is 0 Å². The molecular formula is C10H16N2O3S. The normalized spacial score (nSPS) is 32.4. The van der Waals surface area contributed by atoms with Gasteiger partial charge in [0.1, 0.15) is 6.04 Å². The fourth-order valence-electron chi connectivity index (χ4n) is 2.32. The largest absolute Gasteiger partial charge is 0.467 e. The van der Waals surface area contributed by atoms with Gasteiger partial charge >= 0.3 is 5.97 Å². The van der Waals surface area contributed by atoms with Gasteiger partial charge in [-0.25, -0.2) is 4.79 Å². The molecule has 0 unspecified atom stereocenters. The van der Waals surface area contributed by atoms with Crippen LogP contribution in [0.25, 0.3) is 0 Å². The number of thioether (sulfide) groups is 1. The Morgan fingerprint density at radius 1 is 1.62 bits per heavy atom. The van der Waals surface area contributed by atoms with E-state index in [0.717, 1.165) is 6.54 Å². The van der Waals surface area contributed by atoms with Gasteiger partial charge in [0.05, 0.1) is 19.0 Å². The van der Waals surface area contributed by atoms with E-state index in [1.165, 1.54) is 7.11 Å². The Hall–Kier alpha value is -0.750. The number of amides is 1. The number of fused-ring (bicyclic) bond motifs is 1. The summed E-state index contributed by atoms with van der Waals surface area (Å²) in [7, 11) is 1.36. The van der Waals surface area contributed by atoms with Crippen LogP contribution in [0.5, 0.6) is 0 Å². The molecule has 5 nitrogen and oxygen atoms in total. The van der Waals surface area contributed by atoms with Gasteiger partial charge in [-0.2, -0.15) is 0 Å². The van der Waals surface area contributed by atoms with Crippen LogP contribution in [0.15, 0.2) is 0 Å². The average Bonchev–Trinajstić information content (AvgIpc) is 2.49. The number of methoxy groups -OCH3 is 1. The third-order valence-corrected chi connectivity index (χ3v) is 4.49. The number of ether oxygens (including phenoxy) is 1. The number of esters is 1. The summed E-state index contributed by atoms with van der Waals surface area (Å²) >= 11 is 1.65. The first-order valence-electron chi connectivity index (χ1n) is 5.25. The van der Waals surface area contributed by atoms with Crippen LogP contribution in [0.3, 0.4) is 0 Å². The summed E-state index contributed by atoms with van der Waals surface area (Å²) < 4.78 is 4.51. The molecule has 0 aromatic carbocycles. The molecule has 90 valence electrons. The van der Waals surface area contributed by atoms with Crippen molar-refractivity contribution in [1.29, 1.82) is 0 Å². The maximum Gasteiger partial charge on any atom is 0.330 e. The van der Waals surface area contributed by atoms with Gasteiger partial charge in [-0.05, 0) is 13.8 Å². The molecule has 16 heavy (non-hydrogen) atoms. The molecule has 2 atom stereocenters. The van der Waals surface area contributed by atoms with Gasteiger partial charge in [0.25, 0.3) is 0 Å². The van der Waals surface area contributed by atoms with E-state index in [-0.39, 0.29) is 22.0 Å². The lowest BCUT2D eigenvalue weighted by Gasteiger charge is -2.33. The van der Waals surface area contributed by atoms with Crippen LogP contribution in [0, 0.1) is 0 Å². The molecule has 0 aromatic rings. The van der Waals surface area contributed by atoms with Crippen molar-refractivity contribution in [3.8, 4) is 0 Å². The molecule has 2 saturated heterocycles. The number of hydrogen-bond acceptors (Lipinski definition) is 5. The van der Waals surface area contributed by atoms with Gasteiger partial charge in [-0.3, -0.25) is 4.79 Å². The number of nitrogens with zero attached hydrogens (tertiary/aromatic N) is 1. The van der Waals surface area contributed by atoms with E-state index in [4.69, 9.17) is 4.74 Å². The maximum atomic E-state index is 11.8. The van der Waals surface area contributed by atoms with Crippen LogP contribution in [-0.2, 0) is 14.3 Å². The lowest BCUT2D eigenvalue weighted by Crippen LogP contribution is -2.58. The van der Waals surface area contributed by atoms with Crippen molar-refractivity contribution < 1.29 is 14.3 Å². The zero-order valence-corrected chi connectivity index (χ0v) is 10.5. The molecular weight excluding hydrogens is 228 g/mol. The highest BCUT2D eigenvalue weighted by Crippen LogP contribution is 2.45. The molecule has 0 aliphatic carbocycles. The van der Waals surface area contributed by atoms with Crippen molar-refractivity contribution in [3.63, 3.8) is 0 Å². The molecule has 1 amide bonds. The average molecular weight is 244 g/mol. The third-order valence-electron chi connectivity index (χ3n) is 2.99. The van der Waals surface area contributed by atoms with E-state index < -0.39 is 6.04 Å². The summed E-state index contributed by atoms with van der Waals surface area (Å²) in [5, 5.41) is 3.10. The van der Waals surface area contributed by atoms with E-state index in [1.807, 2.05) is 13.8 Å². The minimum absolute atomic E-state index is 0.0234. The SMILES string of the molecule is COC(=O)[C@@H]1N2C(=O)CNC[C@@H]2SC1(C)C. The fourth-order valence-corrected chi connectivity index (χ4v) is 3.91. The fraction of sp³-hybridized carbons (Fsp3) is 0.800. The minimum Gasteiger partial charge on any atom is -0.467 e. The standard InChI is InChI=1S/C10H16N2O3S/c1-10(2)8(9(14)15-3)12-6(13)4-11-5-7(12)16-10/h7-8,11H,4-5H2,1-3H3/t7-,8-/m0/s1. The Kier molecular flexibility index (Phi) is 2.88. The quantitative estimate of drug-likeness (QED) is 0.648. The van der Waals surface area contributed by atoms with E-state index in [9.17, 15) is 9.59 Å². The number of hydrogen-bond donors (Lipinski definition) is 1. The zero-order valence-electron chi connectivity index (χ0n) is 9.65. The third kappa shape index (κ3) is 1.69. The molecule has 2 aliphatic heterocycles. The van der Waals surface area contributed by atoms with Gasteiger partial charge in [0.2, 0.25) is 5.91 Å². The van der Waals surface area contributed by atoms with Crippen LogP contribution in [0.4, 0.5) is 0 Å². The second-order valence-corrected chi connectivity index (χ2v) is 6.37. The van der Waals surface area contributed by atoms with Crippen LogP contribution in [-0.4, -0.2) is 53.1 Å². The second-order valence-electron chi connectivity index (χ2n) is 4.53. The van der Waals surface area contributed by atoms with Gasteiger partial charge in [0, 0.05) is 11.3 Å². The van der Waals surface area contributed by atoms with Gasteiger partial charge in [-0.15, -0.1) is 11.8 Å². The highest BCUT2D eigenvalue weighted by atomic mass is 32.2. The maximum absolute atomic E-state index is 11.8. The first-order valence-corrected chi connectivity index (χ1v) is 6.13. The Balaban J connectivity index is 2.31. The predicted octanol–water partition coefficient (Wildman–Crippen LogP) is -0.189. The smallest absolute Gasteiger partial charge is 0.330 e. The van der Waals surface area contributed by atoms with E-state index >= 15 is 0 Å². The van der Waals surface area contributed by atoms with Crippen LogP contribution < -0.4 is 5.32 Å². The molecule has 0 aromatic heterocycles. The van der Waals surface area contributed by atoms with Gasteiger partial charge in [0.15, 0.2) is 0 Å². The molecule has 1 N–H and O–H groups in total. The Labute approximate surface area is 98.9 Å². The number of carbonyl (C=O) groups is 2. The lowest BCUT2D eigenvalue weighted by atomic mass is 10.0. The van der Waals surface area contributed by atoms with Gasteiger partial charge in [-0.1, -0.05) is 0 Å². The second kappa shape index (κ2) is 3.92. The van der Waals surface area contributed by atoms with Crippen molar-refractivity contribution in [2.75, 3.05) is 20.2 Å². The molecule has 6 heteroatoms. The van der Waals surface area contributed by atoms with Crippen molar-refractivity contribution >= 4 is 23.6 Å². The van der Waals surface area contributed by atoms with E-state index in [0.29, 0.717) is 6.54 Å². The molecule has 0 saturated carbocycles. The molecule has 0 spiro atoms. The summed E-state index contributed by atoms with van der Waals surface area (Å²) in [6.45, 7) is 4.99. The molecule has 2 fully saturated rings. The molecule has 0 radical (unpaired) electrons. The minimum atomic E-state index is -0.470. The summed E-state index contributed by atoms with van der Waals surface area (Å²) in [4.78, 5) is 25.3.